The summed E-state index contributed by atoms with van der Waals surface area (Å²) in [7, 11) is 0. The summed E-state index contributed by atoms with van der Waals surface area (Å²) in [6, 6.07) is 13.5. The minimum Gasteiger partial charge on any atom is -0.351 e. The van der Waals surface area contributed by atoms with Crippen LogP contribution in [-0.2, 0) is 0 Å². The lowest BCUT2D eigenvalue weighted by Crippen LogP contribution is -2.45. The van der Waals surface area contributed by atoms with Crippen LogP contribution in [0, 0.1) is 10.5 Å². The summed E-state index contributed by atoms with van der Waals surface area (Å²) in [5.74, 6) is 0. The number of aryl methyl sites for hydroxylation is 1. The van der Waals surface area contributed by atoms with E-state index in [1.165, 1.54) is 0 Å². The summed E-state index contributed by atoms with van der Waals surface area (Å²) >= 11 is 2.26. The van der Waals surface area contributed by atoms with Crippen molar-refractivity contribution in [2.75, 3.05) is 6.54 Å². The fourth-order valence-corrected chi connectivity index (χ4v) is 4.46. The van der Waals surface area contributed by atoms with Gasteiger partial charge in [0.2, 0.25) is 0 Å². The second kappa shape index (κ2) is 7.03. The van der Waals surface area contributed by atoms with Gasteiger partial charge in [-0.25, -0.2) is 9.59 Å². The highest BCUT2D eigenvalue weighted by atomic mass is 127. The number of carbonyl (C=O) groups is 1. The van der Waals surface area contributed by atoms with Crippen LogP contribution < -0.4 is 11.4 Å². The second-order valence-electron chi connectivity index (χ2n) is 7.05. The number of fused-ring (bicyclic) bond motifs is 1. The predicted molar refractivity (Wildman–Crippen MR) is 114 cm³/mol. The number of nitrogens with zero attached hydrogens (tertiary/aromatic N) is 2. The summed E-state index contributed by atoms with van der Waals surface area (Å²) in [5, 5.41) is 0. The number of amides is 2. The number of aromatic amines is 1. The van der Waals surface area contributed by atoms with Crippen LogP contribution in [-0.4, -0.2) is 27.0 Å². The number of piperidine rings is 1. The number of rotatable bonds is 2. The molecule has 2 heterocycles. The Bertz CT molecular complexity index is 1050. The van der Waals surface area contributed by atoms with Gasteiger partial charge in [0.15, 0.2) is 0 Å². The number of urea groups is 1. The highest BCUT2D eigenvalue weighted by Gasteiger charge is 2.33. The van der Waals surface area contributed by atoms with Gasteiger partial charge in [-0.1, -0.05) is 24.3 Å². The Morgan fingerprint density at radius 2 is 1.96 bits per heavy atom. The molecule has 1 aromatic heterocycles. The number of benzene rings is 2. The lowest BCUT2D eigenvalue weighted by atomic mass is 9.91. The van der Waals surface area contributed by atoms with Gasteiger partial charge in [0.1, 0.15) is 0 Å². The van der Waals surface area contributed by atoms with Crippen LogP contribution >= 0.6 is 22.6 Å². The molecule has 140 valence electrons. The number of para-hydroxylation sites is 1. The number of aromatic nitrogens is 2. The van der Waals surface area contributed by atoms with Crippen molar-refractivity contribution in [1.82, 2.24) is 14.5 Å². The van der Waals surface area contributed by atoms with Gasteiger partial charge in [0.25, 0.3) is 0 Å². The number of likely N-dealkylation sites (tertiary alicyclic amines) is 1. The van der Waals surface area contributed by atoms with Crippen molar-refractivity contribution in [3.63, 3.8) is 0 Å². The Kier molecular flexibility index (Phi) is 4.71. The normalized spacial score (nSPS) is 20.1. The molecule has 2 atom stereocenters. The van der Waals surface area contributed by atoms with Gasteiger partial charge >= 0.3 is 11.7 Å². The van der Waals surface area contributed by atoms with Crippen molar-refractivity contribution in [2.45, 2.75) is 31.8 Å². The molecule has 1 fully saturated rings. The van der Waals surface area contributed by atoms with Crippen LogP contribution in [0.1, 0.15) is 36.1 Å². The molecule has 27 heavy (non-hydrogen) atoms. The molecule has 2 amide bonds. The highest BCUT2D eigenvalue weighted by molar-refractivity contribution is 14.1. The van der Waals surface area contributed by atoms with Crippen molar-refractivity contribution >= 4 is 39.7 Å². The van der Waals surface area contributed by atoms with E-state index in [0.717, 1.165) is 25.7 Å². The van der Waals surface area contributed by atoms with Gasteiger partial charge in [-0.05, 0) is 71.7 Å². The summed E-state index contributed by atoms with van der Waals surface area (Å²) in [4.78, 5) is 29.4. The van der Waals surface area contributed by atoms with Crippen molar-refractivity contribution in [3.8, 4) is 0 Å². The molecule has 0 spiro atoms. The van der Waals surface area contributed by atoms with E-state index in [1.54, 1.807) is 4.90 Å². The maximum atomic E-state index is 12.7. The molecular weight excluding hydrogens is 455 g/mol. The molecule has 0 aliphatic carbocycles. The minimum atomic E-state index is -0.417. The zero-order valence-corrected chi connectivity index (χ0v) is 17.1. The Morgan fingerprint density at radius 1 is 1.22 bits per heavy atom. The molecule has 0 bridgehead atoms. The highest BCUT2D eigenvalue weighted by Crippen LogP contribution is 2.37. The van der Waals surface area contributed by atoms with Gasteiger partial charge in [-0.15, -0.1) is 0 Å². The molecular formula is C20H21IN4O2. The lowest BCUT2D eigenvalue weighted by molar-refractivity contribution is 0.136. The van der Waals surface area contributed by atoms with Crippen molar-refractivity contribution in [2.24, 2.45) is 5.73 Å². The van der Waals surface area contributed by atoms with E-state index in [0.29, 0.717) is 19.4 Å². The fraction of sp³-hybridized carbons (Fsp3) is 0.300. The first kappa shape index (κ1) is 18.1. The lowest BCUT2D eigenvalue weighted by Gasteiger charge is -2.39. The topological polar surface area (TPSA) is 84.1 Å². The first-order chi connectivity index (χ1) is 13.0. The van der Waals surface area contributed by atoms with Crippen LogP contribution in [0.15, 0.2) is 47.3 Å². The molecule has 1 saturated heterocycles. The Morgan fingerprint density at radius 3 is 2.67 bits per heavy atom. The number of nitrogens with one attached hydrogen (secondary N) is 1. The maximum absolute atomic E-state index is 12.7. The molecule has 7 heteroatoms. The summed E-state index contributed by atoms with van der Waals surface area (Å²) in [6.45, 7) is 2.52. The van der Waals surface area contributed by atoms with E-state index in [9.17, 15) is 9.59 Å². The van der Waals surface area contributed by atoms with Crippen molar-refractivity contribution in [1.29, 1.82) is 0 Å². The maximum Gasteiger partial charge on any atom is 0.326 e. The number of imidazole rings is 1. The molecule has 0 radical (unpaired) electrons. The number of hydrogen-bond donors (Lipinski definition) is 2. The number of hydrogen-bond acceptors (Lipinski definition) is 2. The first-order valence-corrected chi connectivity index (χ1v) is 10.0. The third-order valence-electron chi connectivity index (χ3n) is 5.44. The predicted octanol–water partition coefficient (Wildman–Crippen LogP) is 3.70. The van der Waals surface area contributed by atoms with E-state index < -0.39 is 6.03 Å². The molecule has 3 N–H and O–H groups in total. The first-order valence-electron chi connectivity index (χ1n) is 8.97. The quantitative estimate of drug-likeness (QED) is 0.553. The van der Waals surface area contributed by atoms with E-state index in [2.05, 4.69) is 27.6 Å². The van der Waals surface area contributed by atoms with Gasteiger partial charge < -0.3 is 15.6 Å². The molecule has 3 aromatic rings. The van der Waals surface area contributed by atoms with Crippen LogP contribution in [0.2, 0.25) is 0 Å². The van der Waals surface area contributed by atoms with Crippen LogP contribution in [0.3, 0.4) is 0 Å². The van der Waals surface area contributed by atoms with Crippen LogP contribution in [0.5, 0.6) is 0 Å². The van der Waals surface area contributed by atoms with Gasteiger partial charge in [-0.2, -0.15) is 0 Å². The Labute approximate surface area is 170 Å². The summed E-state index contributed by atoms with van der Waals surface area (Å²) in [5.41, 5.74) is 9.43. The van der Waals surface area contributed by atoms with Gasteiger partial charge in [0.05, 0.1) is 17.1 Å². The van der Waals surface area contributed by atoms with Crippen molar-refractivity contribution < 1.29 is 4.79 Å². The molecule has 4 rings (SSSR count). The molecule has 2 aromatic carbocycles. The fourth-order valence-electron chi connectivity index (χ4n) is 4.10. The van der Waals surface area contributed by atoms with Crippen molar-refractivity contribution in [3.05, 3.63) is 67.6 Å². The largest absolute Gasteiger partial charge is 0.351 e. The Hall–Kier alpha value is -2.29. The number of H-pyrrole nitrogens is 1. The zero-order chi connectivity index (χ0) is 19.1. The molecule has 1 aliphatic rings. The van der Waals surface area contributed by atoms with Gasteiger partial charge in [-0.3, -0.25) is 4.57 Å². The number of halogens is 1. The number of carbonyl (C=O) groups excluding carboxylic acids is 1. The molecule has 6 nitrogen and oxygen atoms in total. The molecule has 2 unspecified atom stereocenters. The van der Waals surface area contributed by atoms with E-state index >= 15 is 0 Å². The van der Waals surface area contributed by atoms with Gasteiger partial charge in [0, 0.05) is 16.2 Å². The summed E-state index contributed by atoms with van der Waals surface area (Å²) in [6.07, 6.45) is 1.36. The SMILES string of the molecule is Cc1cccc2c1[nH]c(=O)n2C1CCN(C(N)=O)C(c2ccc(I)cc2)C1. The Balaban J connectivity index is 1.75. The standard InChI is InChI=1S/C20H21IN4O2/c1-12-3-2-4-16-18(12)23-20(27)25(16)15-9-10-24(19(22)26)17(11-15)13-5-7-14(21)8-6-13/h2-8,15,17H,9-11H2,1H3,(H2,22,26)(H,23,27). The molecule has 1 aliphatic heterocycles. The minimum absolute atomic E-state index is 0.00734. The average Bonchev–Trinajstić information content (AvgIpc) is 2.99. The van der Waals surface area contributed by atoms with Crippen LogP contribution in [0.25, 0.3) is 11.0 Å². The molecule has 0 saturated carbocycles. The monoisotopic (exact) mass is 476 g/mol. The van der Waals surface area contributed by atoms with E-state index in [4.69, 9.17) is 5.73 Å². The average molecular weight is 476 g/mol. The zero-order valence-electron chi connectivity index (χ0n) is 15.0. The smallest absolute Gasteiger partial charge is 0.326 e. The van der Waals surface area contributed by atoms with E-state index in [1.807, 2.05) is 54.0 Å². The third kappa shape index (κ3) is 3.24. The second-order valence-corrected chi connectivity index (χ2v) is 8.29. The number of nitrogens with two attached hydrogens (primary N) is 1. The van der Waals surface area contributed by atoms with E-state index in [-0.39, 0.29) is 17.8 Å². The number of primary amides is 1. The van der Waals surface area contributed by atoms with Crippen LogP contribution in [0.4, 0.5) is 4.79 Å². The summed E-state index contributed by atoms with van der Waals surface area (Å²) < 4.78 is 2.98. The third-order valence-corrected chi connectivity index (χ3v) is 6.16.